The van der Waals surface area contributed by atoms with Gasteiger partial charge >= 0.3 is 0 Å². The fraction of sp³-hybridized carbons (Fsp3) is 0. The van der Waals surface area contributed by atoms with Crippen LogP contribution in [0.2, 0.25) is 0 Å². The van der Waals surface area contributed by atoms with Crippen molar-refractivity contribution >= 4 is 54.6 Å². The largest absolute Gasteiger partial charge is 0.399 e. The Hall–Kier alpha value is -3.78. The Morgan fingerprint density at radius 3 is 1.97 bits per heavy atom. The molecular formula is C20H15N3O8S2. The van der Waals surface area contributed by atoms with Crippen LogP contribution in [-0.2, 0) is 20.2 Å². The van der Waals surface area contributed by atoms with Crippen molar-refractivity contribution in [1.82, 2.24) is 0 Å². The Bertz CT molecular complexity index is 1600. The van der Waals surface area contributed by atoms with Crippen LogP contribution < -0.4 is 16.8 Å². The number of ketones is 2. The normalized spacial score (nSPS) is 13.4. The summed E-state index contributed by atoms with van der Waals surface area (Å²) in [7, 11) is -9.90. The molecule has 0 spiro atoms. The second kappa shape index (κ2) is 7.38. The molecule has 0 bridgehead atoms. The molecule has 0 unspecified atom stereocenters. The van der Waals surface area contributed by atoms with Gasteiger partial charge in [0.1, 0.15) is 9.79 Å². The van der Waals surface area contributed by atoms with Crippen molar-refractivity contribution in [3.8, 4) is 0 Å². The number of rotatable bonds is 4. The maximum Gasteiger partial charge on any atom is 0.296 e. The molecule has 4 rings (SSSR count). The molecule has 7 N–H and O–H groups in total. The van der Waals surface area contributed by atoms with Crippen LogP contribution in [-0.4, -0.2) is 37.5 Å². The molecule has 33 heavy (non-hydrogen) atoms. The first kappa shape index (κ1) is 22.4. The van der Waals surface area contributed by atoms with Gasteiger partial charge < -0.3 is 16.8 Å². The van der Waals surface area contributed by atoms with Gasteiger partial charge in [0, 0.05) is 16.9 Å². The van der Waals surface area contributed by atoms with E-state index >= 15 is 0 Å². The van der Waals surface area contributed by atoms with Gasteiger partial charge in [0.05, 0.1) is 28.1 Å². The summed E-state index contributed by atoms with van der Waals surface area (Å²) in [6.07, 6.45) is 0. The number of nitrogens with one attached hydrogen (secondary N) is 1. The zero-order valence-electron chi connectivity index (χ0n) is 16.4. The minimum atomic E-state index is -4.97. The van der Waals surface area contributed by atoms with Gasteiger partial charge in [-0.1, -0.05) is 18.2 Å². The Morgan fingerprint density at radius 2 is 1.36 bits per heavy atom. The van der Waals surface area contributed by atoms with E-state index in [0.717, 1.165) is 12.1 Å². The topological polar surface area (TPSA) is 207 Å². The van der Waals surface area contributed by atoms with Crippen molar-refractivity contribution in [1.29, 1.82) is 0 Å². The highest BCUT2D eigenvalue weighted by molar-refractivity contribution is 7.86. The lowest BCUT2D eigenvalue weighted by molar-refractivity contribution is 0.0977. The molecule has 1 aliphatic carbocycles. The van der Waals surface area contributed by atoms with Gasteiger partial charge in [-0.25, -0.2) is 0 Å². The third kappa shape index (κ3) is 3.72. The molecule has 0 atom stereocenters. The van der Waals surface area contributed by atoms with E-state index in [9.17, 15) is 35.5 Å². The monoisotopic (exact) mass is 489 g/mol. The molecule has 0 saturated heterocycles. The molecule has 0 amide bonds. The number of benzene rings is 3. The smallest absolute Gasteiger partial charge is 0.296 e. The van der Waals surface area contributed by atoms with Gasteiger partial charge in [0.25, 0.3) is 20.2 Å². The fourth-order valence-corrected chi connectivity index (χ4v) is 5.02. The van der Waals surface area contributed by atoms with Crippen molar-refractivity contribution in [2.45, 2.75) is 9.79 Å². The summed E-state index contributed by atoms with van der Waals surface area (Å²) in [5.41, 5.74) is 9.36. The highest BCUT2D eigenvalue weighted by Crippen LogP contribution is 2.41. The molecule has 11 nitrogen and oxygen atoms in total. The van der Waals surface area contributed by atoms with Crippen LogP contribution in [0.3, 0.4) is 0 Å². The number of hydrogen-bond acceptors (Lipinski definition) is 9. The molecule has 0 radical (unpaired) electrons. The molecule has 3 aromatic rings. The van der Waals surface area contributed by atoms with E-state index in [1.165, 1.54) is 18.2 Å². The zero-order chi connectivity index (χ0) is 24.3. The van der Waals surface area contributed by atoms with Crippen LogP contribution >= 0.6 is 0 Å². The number of carbonyl (C=O) groups is 2. The first-order valence-corrected chi connectivity index (χ1v) is 11.9. The van der Waals surface area contributed by atoms with Crippen molar-refractivity contribution < 1.29 is 35.5 Å². The molecule has 1 aliphatic rings. The molecule has 170 valence electrons. The van der Waals surface area contributed by atoms with E-state index < -0.39 is 58.4 Å². The summed E-state index contributed by atoms with van der Waals surface area (Å²) >= 11 is 0. The minimum Gasteiger partial charge on any atom is -0.399 e. The molecule has 3 aromatic carbocycles. The fourth-order valence-electron chi connectivity index (χ4n) is 3.66. The van der Waals surface area contributed by atoms with E-state index in [2.05, 4.69) is 5.32 Å². The highest BCUT2D eigenvalue weighted by Gasteiger charge is 2.39. The SMILES string of the molecule is Nc1cccc(Nc2cc(S(=O)(=O)O)c(N)c3c2C(=O)c2cccc(S(=O)(=O)O)c2C3=O)c1. The van der Waals surface area contributed by atoms with Gasteiger partial charge in [-0.3, -0.25) is 18.7 Å². The zero-order valence-corrected chi connectivity index (χ0v) is 18.1. The number of hydrogen-bond donors (Lipinski definition) is 5. The van der Waals surface area contributed by atoms with Crippen LogP contribution in [0.15, 0.2) is 58.3 Å². The summed E-state index contributed by atoms with van der Waals surface area (Å²) in [5, 5.41) is 2.79. The van der Waals surface area contributed by atoms with Gasteiger partial charge in [-0.2, -0.15) is 16.8 Å². The van der Waals surface area contributed by atoms with Gasteiger partial charge in [0.2, 0.25) is 0 Å². The summed E-state index contributed by atoms with van der Waals surface area (Å²) in [4.78, 5) is 25.0. The molecule has 0 aliphatic heterocycles. The quantitative estimate of drug-likeness (QED) is 0.206. The highest BCUT2D eigenvalue weighted by atomic mass is 32.2. The first-order chi connectivity index (χ1) is 15.3. The third-order valence-electron chi connectivity index (χ3n) is 5.00. The second-order valence-corrected chi connectivity index (χ2v) is 9.90. The lowest BCUT2D eigenvalue weighted by Gasteiger charge is -2.24. The van der Waals surface area contributed by atoms with Crippen LogP contribution in [0.1, 0.15) is 31.8 Å². The molecule has 13 heteroatoms. The standard InChI is InChI=1S/C20H15N3O8S2/c21-9-3-1-4-10(7-9)23-12-8-14(33(29,30)31)18(22)17-16(12)19(24)11-5-2-6-13(32(26,27)28)15(11)20(17)25/h1-8,23H,21-22H2,(H,26,27,28)(H,29,30,31). The minimum absolute atomic E-state index is 0.196. The second-order valence-electron chi connectivity index (χ2n) is 7.12. The number of anilines is 4. The van der Waals surface area contributed by atoms with E-state index in [1.54, 1.807) is 18.2 Å². The van der Waals surface area contributed by atoms with Gasteiger partial charge in [0.15, 0.2) is 11.6 Å². The van der Waals surface area contributed by atoms with Crippen LogP contribution in [0.4, 0.5) is 22.7 Å². The Labute approximate surface area is 187 Å². The molecule has 0 aromatic heterocycles. The molecule has 0 heterocycles. The van der Waals surface area contributed by atoms with E-state index in [0.29, 0.717) is 11.4 Å². The maximum atomic E-state index is 13.4. The van der Waals surface area contributed by atoms with Crippen molar-refractivity contribution in [3.63, 3.8) is 0 Å². The summed E-state index contributed by atoms with van der Waals surface area (Å²) in [6, 6.07) is 10.3. The lowest BCUT2D eigenvalue weighted by Crippen LogP contribution is -2.27. The third-order valence-corrected chi connectivity index (χ3v) is 6.79. The number of carbonyl (C=O) groups excluding carboxylic acids is 2. The number of nitrogens with two attached hydrogens (primary N) is 2. The number of fused-ring (bicyclic) bond motifs is 2. The van der Waals surface area contributed by atoms with Crippen molar-refractivity contribution in [2.24, 2.45) is 0 Å². The van der Waals surface area contributed by atoms with Crippen molar-refractivity contribution in [3.05, 3.63) is 70.8 Å². The van der Waals surface area contributed by atoms with E-state index in [-0.39, 0.29) is 16.8 Å². The van der Waals surface area contributed by atoms with Gasteiger partial charge in [-0.15, -0.1) is 0 Å². The Balaban J connectivity index is 2.08. The summed E-state index contributed by atoms with van der Waals surface area (Å²) in [6.45, 7) is 0. The molecular weight excluding hydrogens is 474 g/mol. The summed E-state index contributed by atoms with van der Waals surface area (Å²) < 4.78 is 66.7. The van der Waals surface area contributed by atoms with E-state index in [1.807, 2.05) is 0 Å². The Morgan fingerprint density at radius 1 is 0.727 bits per heavy atom. The molecule has 0 fully saturated rings. The van der Waals surface area contributed by atoms with Gasteiger partial charge in [-0.05, 0) is 30.3 Å². The molecule has 0 saturated carbocycles. The Kier molecular flexibility index (Phi) is 5.01. The predicted molar refractivity (Wildman–Crippen MR) is 118 cm³/mol. The lowest BCUT2D eigenvalue weighted by atomic mass is 9.82. The van der Waals surface area contributed by atoms with Crippen molar-refractivity contribution in [2.75, 3.05) is 16.8 Å². The average Bonchev–Trinajstić information content (AvgIpc) is 2.71. The first-order valence-electron chi connectivity index (χ1n) is 9.07. The van der Waals surface area contributed by atoms with Crippen LogP contribution in [0.25, 0.3) is 0 Å². The average molecular weight is 489 g/mol. The maximum absolute atomic E-state index is 13.4. The van der Waals surface area contributed by atoms with Crippen LogP contribution in [0.5, 0.6) is 0 Å². The summed E-state index contributed by atoms with van der Waals surface area (Å²) in [5.74, 6) is -1.98. The van der Waals surface area contributed by atoms with E-state index in [4.69, 9.17) is 11.5 Å². The predicted octanol–water partition coefficient (Wildman–Crippen LogP) is 1.86. The van der Waals surface area contributed by atoms with Crippen LogP contribution in [0, 0.1) is 0 Å². The number of nitrogen functional groups attached to an aromatic ring is 2.